The second-order valence-electron chi connectivity index (χ2n) is 5.12. The third kappa shape index (κ3) is 4.13. The van der Waals surface area contributed by atoms with Gasteiger partial charge in [0.05, 0.1) is 4.92 Å². The molecule has 0 aliphatic carbocycles. The van der Waals surface area contributed by atoms with Crippen LogP contribution in [-0.2, 0) is 13.0 Å². The van der Waals surface area contributed by atoms with E-state index in [4.69, 9.17) is 0 Å². The van der Waals surface area contributed by atoms with E-state index >= 15 is 0 Å². The average Bonchev–Trinajstić information content (AvgIpc) is 2.53. The molecule has 0 aliphatic heterocycles. The molecule has 4 heteroatoms. The van der Waals surface area contributed by atoms with Gasteiger partial charge < -0.3 is 5.32 Å². The highest BCUT2D eigenvalue weighted by Crippen LogP contribution is 2.19. The number of rotatable bonds is 6. The van der Waals surface area contributed by atoms with E-state index in [9.17, 15) is 10.1 Å². The van der Waals surface area contributed by atoms with Gasteiger partial charge in [0.25, 0.3) is 5.69 Å². The summed E-state index contributed by atoms with van der Waals surface area (Å²) in [6.45, 7) is 4.89. The number of non-ortho nitro benzene ring substituents is 1. The normalized spacial score (nSPS) is 12.1. The number of nitrogens with zero attached hydrogens (tertiary/aromatic N) is 1. The van der Waals surface area contributed by atoms with Crippen molar-refractivity contribution in [3.05, 3.63) is 75.3 Å². The Morgan fingerprint density at radius 1 is 1.14 bits per heavy atom. The van der Waals surface area contributed by atoms with Crippen LogP contribution in [0.2, 0.25) is 0 Å². The van der Waals surface area contributed by atoms with Crippen LogP contribution in [0.4, 0.5) is 5.69 Å². The SMILES string of the molecule is CCc1ccc(CNC(C)c2cccc([N+](=O)[O-])c2)cc1. The highest BCUT2D eigenvalue weighted by atomic mass is 16.6. The Balaban J connectivity index is 1.99. The number of benzene rings is 2. The molecule has 0 aliphatic rings. The van der Waals surface area contributed by atoms with Gasteiger partial charge in [0.15, 0.2) is 0 Å². The summed E-state index contributed by atoms with van der Waals surface area (Å²) in [5, 5.41) is 14.2. The van der Waals surface area contributed by atoms with Gasteiger partial charge in [0, 0.05) is 24.7 Å². The van der Waals surface area contributed by atoms with Crippen LogP contribution in [0.25, 0.3) is 0 Å². The van der Waals surface area contributed by atoms with Gasteiger partial charge in [-0.05, 0) is 30.0 Å². The summed E-state index contributed by atoms with van der Waals surface area (Å²) >= 11 is 0. The van der Waals surface area contributed by atoms with Gasteiger partial charge in [0.1, 0.15) is 0 Å². The Morgan fingerprint density at radius 2 is 1.81 bits per heavy atom. The predicted octanol–water partition coefficient (Wildman–Crippen LogP) is 4.01. The van der Waals surface area contributed by atoms with E-state index in [1.54, 1.807) is 12.1 Å². The summed E-state index contributed by atoms with van der Waals surface area (Å²) in [5.41, 5.74) is 3.60. The second kappa shape index (κ2) is 6.99. The monoisotopic (exact) mass is 284 g/mol. The first kappa shape index (κ1) is 15.2. The number of nitro groups is 1. The van der Waals surface area contributed by atoms with Gasteiger partial charge in [-0.1, -0.05) is 43.3 Å². The number of hydrogen-bond donors (Lipinski definition) is 1. The highest BCUT2D eigenvalue weighted by Gasteiger charge is 2.10. The average molecular weight is 284 g/mol. The molecule has 0 fully saturated rings. The molecule has 0 saturated heterocycles. The van der Waals surface area contributed by atoms with Crippen molar-refractivity contribution < 1.29 is 4.92 Å². The third-order valence-corrected chi connectivity index (χ3v) is 3.62. The van der Waals surface area contributed by atoms with Crippen LogP contribution >= 0.6 is 0 Å². The molecule has 2 rings (SSSR count). The van der Waals surface area contributed by atoms with Crippen molar-refractivity contribution in [1.29, 1.82) is 0 Å². The zero-order valence-corrected chi connectivity index (χ0v) is 12.4. The fourth-order valence-corrected chi connectivity index (χ4v) is 2.19. The molecule has 0 bridgehead atoms. The van der Waals surface area contributed by atoms with Crippen LogP contribution in [0.5, 0.6) is 0 Å². The number of aryl methyl sites for hydroxylation is 1. The third-order valence-electron chi connectivity index (χ3n) is 3.62. The lowest BCUT2D eigenvalue weighted by Gasteiger charge is -2.14. The van der Waals surface area contributed by atoms with E-state index in [1.807, 2.05) is 13.0 Å². The van der Waals surface area contributed by atoms with Gasteiger partial charge in [-0.3, -0.25) is 10.1 Å². The van der Waals surface area contributed by atoms with Gasteiger partial charge in [-0.2, -0.15) is 0 Å². The molecule has 2 aromatic carbocycles. The van der Waals surface area contributed by atoms with Crippen molar-refractivity contribution in [3.8, 4) is 0 Å². The fourth-order valence-electron chi connectivity index (χ4n) is 2.19. The smallest absolute Gasteiger partial charge is 0.269 e. The molecule has 110 valence electrons. The molecular weight excluding hydrogens is 264 g/mol. The lowest BCUT2D eigenvalue weighted by Crippen LogP contribution is -2.18. The van der Waals surface area contributed by atoms with E-state index < -0.39 is 0 Å². The van der Waals surface area contributed by atoms with Crippen molar-refractivity contribution in [3.63, 3.8) is 0 Å². The summed E-state index contributed by atoms with van der Waals surface area (Å²) in [6.07, 6.45) is 1.04. The quantitative estimate of drug-likeness (QED) is 0.644. The Bertz CT molecular complexity index is 608. The molecule has 0 amide bonds. The maximum absolute atomic E-state index is 10.8. The lowest BCUT2D eigenvalue weighted by molar-refractivity contribution is -0.384. The Kier molecular flexibility index (Phi) is 5.06. The van der Waals surface area contributed by atoms with E-state index in [1.165, 1.54) is 17.2 Å². The van der Waals surface area contributed by atoms with Crippen LogP contribution in [0, 0.1) is 10.1 Å². The number of hydrogen-bond acceptors (Lipinski definition) is 3. The van der Waals surface area contributed by atoms with Crippen LogP contribution in [0.3, 0.4) is 0 Å². The standard InChI is InChI=1S/C17H20N2O2/c1-3-14-7-9-15(10-8-14)12-18-13(2)16-5-4-6-17(11-16)19(20)21/h4-11,13,18H,3,12H2,1-2H3. The number of nitrogens with one attached hydrogen (secondary N) is 1. The molecular formula is C17H20N2O2. The molecule has 4 nitrogen and oxygen atoms in total. The molecule has 0 heterocycles. The molecule has 1 N–H and O–H groups in total. The van der Waals surface area contributed by atoms with Crippen molar-refractivity contribution in [2.24, 2.45) is 0 Å². The van der Waals surface area contributed by atoms with Crippen molar-refractivity contribution >= 4 is 5.69 Å². The van der Waals surface area contributed by atoms with Gasteiger partial charge >= 0.3 is 0 Å². The molecule has 0 aromatic heterocycles. The first-order valence-corrected chi connectivity index (χ1v) is 7.15. The van der Waals surface area contributed by atoms with Crippen LogP contribution in [-0.4, -0.2) is 4.92 Å². The molecule has 21 heavy (non-hydrogen) atoms. The summed E-state index contributed by atoms with van der Waals surface area (Å²) in [7, 11) is 0. The van der Waals surface area contributed by atoms with E-state index in [0.717, 1.165) is 18.5 Å². The minimum atomic E-state index is -0.361. The first-order valence-electron chi connectivity index (χ1n) is 7.15. The fraction of sp³-hybridized carbons (Fsp3) is 0.294. The largest absolute Gasteiger partial charge is 0.306 e. The molecule has 1 atom stereocenters. The predicted molar refractivity (Wildman–Crippen MR) is 84.2 cm³/mol. The van der Waals surface area contributed by atoms with Gasteiger partial charge in [-0.15, -0.1) is 0 Å². The molecule has 0 saturated carbocycles. The topological polar surface area (TPSA) is 55.2 Å². The molecule has 2 aromatic rings. The Morgan fingerprint density at radius 3 is 2.43 bits per heavy atom. The highest BCUT2D eigenvalue weighted by molar-refractivity contribution is 5.35. The van der Waals surface area contributed by atoms with E-state index in [2.05, 4.69) is 36.5 Å². The molecule has 0 spiro atoms. The Hall–Kier alpha value is -2.20. The molecule has 0 radical (unpaired) electrons. The minimum absolute atomic E-state index is 0.0655. The minimum Gasteiger partial charge on any atom is -0.306 e. The van der Waals surface area contributed by atoms with Crippen LogP contribution < -0.4 is 5.32 Å². The van der Waals surface area contributed by atoms with E-state index in [-0.39, 0.29) is 16.7 Å². The van der Waals surface area contributed by atoms with Crippen molar-refractivity contribution in [2.75, 3.05) is 0 Å². The zero-order valence-electron chi connectivity index (χ0n) is 12.4. The van der Waals surface area contributed by atoms with E-state index in [0.29, 0.717) is 0 Å². The van der Waals surface area contributed by atoms with Gasteiger partial charge in [-0.25, -0.2) is 0 Å². The maximum atomic E-state index is 10.8. The van der Waals surface area contributed by atoms with Crippen molar-refractivity contribution in [1.82, 2.24) is 5.32 Å². The summed E-state index contributed by atoms with van der Waals surface area (Å²) in [4.78, 5) is 10.4. The lowest BCUT2D eigenvalue weighted by atomic mass is 10.1. The summed E-state index contributed by atoms with van der Waals surface area (Å²) < 4.78 is 0. The second-order valence-corrected chi connectivity index (χ2v) is 5.12. The number of nitro benzene ring substituents is 1. The van der Waals surface area contributed by atoms with Crippen LogP contribution in [0.15, 0.2) is 48.5 Å². The van der Waals surface area contributed by atoms with Crippen LogP contribution in [0.1, 0.15) is 36.6 Å². The molecule has 1 unspecified atom stereocenters. The Labute approximate surface area is 125 Å². The summed E-state index contributed by atoms with van der Waals surface area (Å²) in [6, 6.07) is 15.3. The summed E-state index contributed by atoms with van der Waals surface area (Å²) in [5.74, 6) is 0. The zero-order chi connectivity index (χ0) is 15.2. The maximum Gasteiger partial charge on any atom is 0.269 e. The van der Waals surface area contributed by atoms with Gasteiger partial charge in [0.2, 0.25) is 0 Å². The first-order chi connectivity index (χ1) is 10.1. The van der Waals surface area contributed by atoms with Crippen molar-refractivity contribution in [2.45, 2.75) is 32.9 Å².